The van der Waals surface area contributed by atoms with Crippen LogP contribution in [0.3, 0.4) is 0 Å². The van der Waals surface area contributed by atoms with Crippen LogP contribution in [0.2, 0.25) is 5.02 Å². The molecule has 4 amide bonds. The largest absolute Gasteiger partial charge is 0.493 e. The molecule has 7 heterocycles. The van der Waals surface area contributed by atoms with E-state index in [1.807, 2.05) is 43.3 Å². The number of methoxy groups -OCH3 is 5. The predicted octanol–water partition coefficient (Wildman–Crippen LogP) is 10.3. The number of aromatic nitrogens is 2. The Morgan fingerprint density at radius 2 is 1.51 bits per heavy atom. The molecule has 21 nitrogen and oxygen atoms in total. The number of nitrogens with one attached hydrogen (secondary N) is 3. The Morgan fingerprint density at radius 3 is 2.24 bits per heavy atom. The molecule has 3 N–H and O–H groups in total. The second kappa shape index (κ2) is 30.7. The van der Waals surface area contributed by atoms with E-state index in [2.05, 4.69) is 36.5 Å². The molecule has 1 aliphatic carbocycles. The van der Waals surface area contributed by atoms with Crippen molar-refractivity contribution < 1.29 is 66.7 Å². The third-order valence-electron chi connectivity index (χ3n) is 19.3. The number of pyridine rings is 1. The van der Waals surface area contributed by atoms with Gasteiger partial charge in [0.1, 0.15) is 29.8 Å². The molecular weight excluding hydrogens is 1230 g/mol. The minimum atomic E-state index is -0.741. The molecule has 1 saturated carbocycles. The lowest BCUT2D eigenvalue weighted by molar-refractivity contribution is -0.176. The number of halogens is 1. The Kier molecular flexibility index (Phi) is 22.1. The van der Waals surface area contributed by atoms with Gasteiger partial charge < -0.3 is 58.4 Å². The molecule has 498 valence electrons. The SMILES string of the molecule is COC(=O)[C@H]1[C@H]2C[C@@H]3c4[nH]c5cc(OCC(=O)NCCCCCCCCC(=O)NCCCN6CCC(Oc7c(C)cc(Cl)cc7-c7ccnc8cc(CN9C(=O)CCC9=O)sc78)CC6)ccc5c4CCN3C[C@H]2C[C@@H](OC(=O)c2cc(OC)c(OC)c(OC)c2)[C@@H]1OC. The number of rotatable bonds is 28. The van der Waals surface area contributed by atoms with Gasteiger partial charge >= 0.3 is 11.9 Å². The Labute approximate surface area is 551 Å². The van der Waals surface area contributed by atoms with Crippen LogP contribution in [-0.2, 0) is 51.1 Å². The highest BCUT2D eigenvalue weighted by atomic mass is 35.5. The van der Waals surface area contributed by atoms with E-state index < -0.39 is 30.1 Å². The summed E-state index contributed by atoms with van der Waals surface area (Å²) in [6.07, 6.45) is 11.8. The first-order chi connectivity index (χ1) is 45.1. The average Bonchev–Trinajstić information content (AvgIpc) is 1.72. The van der Waals surface area contributed by atoms with Gasteiger partial charge in [0.25, 0.3) is 5.91 Å². The Morgan fingerprint density at radius 1 is 0.774 bits per heavy atom. The summed E-state index contributed by atoms with van der Waals surface area (Å²) < 4.78 is 47.8. The fourth-order valence-corrected chi connectivity index (χ4v) is 16.0. The first kappa shape index (κ1) is 66.9. The van der Waals surface area contributed by atoms with Crippen LogP contribution in [0.25, 0.3) is 32.2 Å². The summed E-state index contributed by atoms with van der Waals surface area (Å²) in [4.78, 5) is 93.3. The second-order valence-electron chi connectivity index (χ2n) is 25.1. The first-order valence-electron chi connectivity index (χ1n) is 32.7. The maximum atomic E-state index is 13.8. The third kappa shape index (κ3) is 15.4. The number of piperidine rings is 2. The molecule has 3 aromatic carbocycles. The van der Waals surface area contributed by atoms with Crippen molar-refractivity contribution in [2.45, 2.75) is 134 Å². The smallest absolute Gasteiger partial charge is 0.338 e. The van der Waals surface area contributed by atoms with Crippen LogP contribution < -0.4 is 34.3 Å². The van der Waals surface area contributed by atoms with Gasteiger partial charge in [-0.15, -0.1) is 11.3 Å². The van der Waals surface area contributed by atoms with Gasteiger partial charge in [0, 0.05) is 116 Å². The molecule has 11 rings (SSSR count). The molecule has 0 unspecified atom stereocenters. The average molecular weight is 1320 g/mol. The summed E-state index contributed by atoms with van der Waals surface area (Å²) in [5.41, 5.74) is 7.09. The number of aryl methyl sites for hydroxylation is 1. The van der Waals surface area contributed by atoms with E-state index in [0.29, 0.717) is 66.9 Å². The lowest BCUT2D eigenvalue weighted by atomic mass is 9.63. The van der Waals surface area contributed by atoms with Gasteiger partial charge in [-0.1, -0.05) is 37.3 Å². The Bertz CT molecular complexity index is 3660. The van der Waals surface area contributed by atoms with Crippen LogP contribution in [0.15, 0.2) is 60.8 Å². The van der Waals surface area contributed by atoms with Crippen LogP contribution in [0.4, 0.5) is 0 Å². The van der Waals surface area contributed by atoms with Crippen molar-refractivity contribution in [3.8, 4) is 39.9 Å². The van der Waals surface area contributed by atoms with Gasteiger partial charge in [-0.3, -0.25) is 38.8 Å². The number of ether oxygens (including phenoxy) is 8. The number of imide groups is 1. The molecule has 0 radical (unpaired) electrons. The number of likely N-dealkylation sites (tertiary alicyclic amines) is 2. The number of H-pyrrole nitrogens is 1. The number of carbonyl (C=O) groups is 6. The van der Waals surface area contributed by atoms with E-state index in [9.17, 15) is 28.8 Å². The zero-order valence-electron chi connectivity index (χ0n) is 54.1. The molecule has 4 aliphatic heterocycles. The van der Waals surface area contributed by atoms with Gasteiger partial charge in [-0.25, -0.2) is 4.79 Å². The highest BCUT2D eigenvalue weighted by Crippen LogP contribution is 2.51. The van der Waals surface area contributed by atoms with E-state index in [-0.39, 0.29) is 79.2 Å². The van der Waals surface area contributed by atoms with Crippen molar-refractivity contribution in [2.75, 3.05) is 88.0 Å². The molecule has 6 atom stereocenters. The minimum absolute atomic E-state index is 0.0105. The van der Waals surface area contributed by atoms with Crippen molar-refractivity contribution in [3.05, 3.63) is 93.1 Å². The molecule has 0 bridgehead atoms. The van der Waals surface area contributed by atoms with Crippen LogP contribution in [0.1, 0.15) is 128 Å². The minimum Gasteiger partial charge on any atom is -0.493 e. The number of benzene rings is 3. The molecule has 93 heavy (non-hydrogen) atoms. The van der Waals surface area contributed by atoms with Gasteiger partial charge in [0.2, 0.25) is 23.5 Å². The molecular formula is C70H86ClN7O14S. The molecule has 23 heteroatoms. The number of hydrogen-bond donors (Lipinski definition) is 3. The highest BCUT2D eigenvalue weighted by molar-refractivity contribution is 7.19. The molecule has 5 aliphatic rings. The summed E-state index contributed by atoms with van der Waals surface area (Å²) in [6.45, 7) is 7.61. The molecule has 6 aromatic rings. The van der Waals surface area contributed by atoms with Gasteiger partial charge in [0.05, 0.1) is 62.7 Å². The van der Waals surface area contributed by atoms with Gasteiger partial charge in [0.15, 0.2) is 18.1 Å². The van der Waals surface area contributed by atoms with E-state index in [1.165, 1.54) is 57.3 Å². The standard InChI is InChI=1S/C70H86ClN7O14S/c1-41-30-44(71)34-52(50-19-25-72-54-36-47(93-68(50)54)39-78-61(81)17-18-62(78)82)65(41)91-45-20-27-76(28-21-45)26-13-24-73-59(79)14-11-9-7-8-10-12-23-74-60(80)40-90-46-15-16-48-49-22-29-77-38-43-33-58(92-69(83)42-31-56(85-2)66(87-4)57(32-42)86-3)67(88-5)63(70(84)89-6)51(43)37-55(77)64(49)75-53(48)35-46/h15-16,19,25,30-32,34-36,43,45,51,55,58,63,67,75H,7-14,17-18,20-24,26-29,33,37-40H2,1-6H3,(H,73,79)(H,74,80)/t43-,51+,55-,58-,63+,67+/m1/s1. The van der Waals surface area contributed by atoms with Crippen molar-refractivity contribution in [2.24, 2.45) is 17.8 Å². The van der Waals surface area contributed by atoms with Crippen LogP contribution >= 0.6 is 22.9 Å². The van der Waals surface area contributed by atoms with Crippen LogP contribution in [0.5, 0.6) is 28.7 Å². The molecule has 0 spiro atoms. The summed E-state index contributed by atoms with van der Waals surface area (Å²) >= 11 is 8.19. The maximum absolute atomic E-state index is 13.8. The number of hydrogen-bond acceptors (Lipinski definition) is 18. The first-order valence-corrected chi connectivity index (χ1v) is 33.9. The van der Waals surface area contributed by atoms with Gasteiger partial charge in [-0.2, -0.15) is 0 Å². The molecule has 3 aromatic heterocycles. The second-order valence-corrected chi connectivity index (χ2v) is 26.7. The third-order valence-corrected chi connectivity index (χ3v) is 20.7. The number of unbranched alkanes of at least 4 members (excludes halogenated alkanes) is 5. The summed E-state index contributed by atoms with van der Waals surface area (Å²) in [7, 11) is 7.37. The van der Waals surface area contributed by atoms with Gasteiger partial charge in [-0.05, 0) is 136 Å². The number of fused-ring (bicyclic) bond motifs is 7. The maximum Gasteiger partial charge on any atom is 0.338 e. The Balaban J connectivity index is 0.555. The summed E-state index contributed by atoms with van der Waals surface area (Å²) in [6, 6.07) is 16.8. The topological polar surface area (TPSA) is 239 Å². The number of carbonyl (C=O) groups excluding carboxylic acids is 6. The Hall–Kier alpha value is -7.50. The number of amides is 4. The number of thiophene rings is 1. The van der Waals surface area contributed by atoms with E-state index in [1.54, 1.807) is 18.3 Å². The van der Waals surface area contributed by atoms with Crippen molar-refractivity contribution >= 4 is 79.6 Å². The lowest BCUT2D eigenvalue weighted by Gasteiger charge is -2.52. The fourth-order valence-electron chi connectivity index (χ4n) is 14.6. The fraction of sp³-hybridized carbons (Fsp3) is 0.529. The zero-order valence-corrected chi connectivity index (χ0v) is 55.6. The van der Waals surface area contributed by atoms with E-state index in [4.69, 9.17) is 49.5 Å². The monoisotopic (exact) mass is 1320 g/mol. The normalized spacial score (nSPS) is 20.8. The van der Waals surface area contributed by atoms with Crippen LogP contribution in [0, 0.1) is 24.7 Å². The van der Waals surface area contributed by atoms with Crippen molar-refractivity contribution in [3.63, 3.8) is 0 Å². The van der Waals surface area contributed by atoms with Crippen molar-refractivity contribution in [1.82, 2.24) is 35.3 Å². The highest BCUT2D eigenvalue weighted by Gasteiger charge is 2.55. The molecule has 4 fully saturated rings. The number of nitrogens with zero attached hydrogens (tertiary/aromatic N) is 4. The quantitative estimate of drug-likeness (QED) is 0.0235. The zero-order chi connectivity index (χ0) is 65.3. The van der Waals surface area contributed by atoms with Crippen LogP contribution in [-0.4, -0.2) is 167 Å². The van der Waals surface area contributed by atoms with E-state index >= 15 is 0 Å². The number of aromatic amines is 1. The predicted molar refractivity (Wildman–Crippen MR) is 352 cm³/mol. The summed E-state index contributed by atoms with van der Waals surface area (Å²) in [5, 5.41) is 7.84. The number of esters is 2. The molecule has 3 saturated heterocycles. The van der Waals surface area contributed by atoms with E-state index in [0.717, 1.165) is 145 Å². The lowest BCUT2D eigenvalue weighted by Crippen LogP contribution is -2.58. The summed E-state index contributed by atoms with van der Waals surface area (Å²) in [5.74, 6) is 0.264. The van der Waals surface area contributed by atoms with Crippen molar-refractivity contribution in [1.29, 1.82) is 0 Å².